The molecule has 0 saturated heterocycles. The smallest absolute Gasteiger partial charge is 0.111 e. The molecule has 0 spiro atoms. The fourth-order valence-corrected chi connectivity index (χ4v) is 1.49. The molecule has 2 N–H and O–H groups in total. The maximum Gasteiger partial charge on any atom is 0.111 e. The number of nitrogen functional groups attached to an aromatic ring is 1. The molecule has 0 bridgehead atoms. The maximum absolute atomic E-state index is 5.74. The molecule has 0 saturated carbocycles. The Morgan fingerprint density at radius 3 is 2.93 bits per heavy atom. The summed E-state index contributed by atoms with van der Waals surface area (Å²) in [4.78, 5) is 0. The Hall–Kier alpha value is -2.11. The summed E-state index contributed by atoms with van der Waals surface area (Å²) >= 11 is 0. The average Bonchev–Trinajstić information content (AvgIpc) is 2.29. The van der Waals surface area contributed by atoms with Gasteiger partial charge in [0, 0.05) is 17.3 Å². The molecule has 1 aliphatic carbocycles. The van der Waals surface area contributed by atoms with Gasteiger partial charge in [0.15, 0.2) is 0 Å². The van der Waals surface area contributed by atoms with Gasteiger partial charge in [-0.25, -0.2) is 0 Å². The van der Waals surface area contributed by atoms with Crippen molar-refractivity contribution in [1.82, 2.24) is 0 Å². The van der Waals surface area contributed by atoms with E-state index in [1.54, 1.807) is 0 Å². The summed E-state index contributed by atoms with van der Waals surface area (Å²) in [6.07, 6.45) is 10.8. The van der Waals surface area contributed by atoms with Crippen molar-refractivity contribution in [3.63, 3.8) is 0 Å². The molecule has 72 valence electrons. The molecule has 1 heteroatoms. The number of hydrogen-bond donors (Lipinski definition) is 1. The molecule has 0 fully saturated rings. The zero-order valence-corrected chi connectivity index (χ0v) is 8.40. The Bertz CT molecular complexity index is 476. The lowest BCUT2D eigenvalue weighted by molar-refractivity contribution is 1.56. The first-order chi connectivity index (χ1) is 7.29. The highest BCUT2D eigenvalue weighted by atomic mass is 14.5. The molecule has 15 heavy (non-hydrogen) atoms. The molecule has 0 radical (unpaired) electrons. The van der Waals surface area contributed by atoms with E-state index in [-0.39, 0.29) is 0 Å². The van der Waals surface area contributed by atoms with Gasteiger partial charge in [-0.1, -0.05) is 12.6 Å². The number of benzene rings is 1. The van der Waals surface area contributed by atoms with Crippen LogP contribution in [-0.4, -0.2) is 0 Å². The lowest BCUT2D eigenvalue weighted by Crippen LogP contribution is -1.89. The Morgan fingerprint density at radius 1 is 1.33 bits per heavy atom. The molecule has 0 amide bonds. The summed E-state index contributed by atoms with van der Waals surface area (Å²) in [5.41, 5.74) is 9.79. The van der Waals surface area contributed by atoms with Gasteiger partial charge in [0.05, 0.1) is 17.2 Å². The fraction of sp³-hybridized carbons (Fsp3) is 0. The largest absolute Gasteiger partial charge is 0.399 e. The van der Waals surface area contributed by atoms with Gasteiger partial charge in [-0.3, -0.25) is 0 Å². The molecular formula is C14H12N+. The third kappa shape index (κ3) is 2.04. The van der Waals surface area contributed by atoms with Gasteiger partial charge in [0.1, 0.15) is 12.2 Å². The van der Waals surface area contributed by atoms with Crippen molar-refractivity contribution in [3.05, 3.63) is 72.4 Å². The van der Waals surface area contributed by atoms with Crippen LogP contribution in [0.1, 0.15) is 5.56 Å². The van der Waals surface area contributed by atoms with Crippen molar-refractivity contribution >= 4 is 11.3 Å². The zero-order valence-electron chi connectivity index (χ0n) is 8.40. The van der Waals surface area contributed by atoms with E-state index >= 15 is 0 Å². The number of allylic oxidation sites excluding steroid dienone is 7. The molecule has 0 heterocycles. The van der Waals surface area contributed by atoms with Crippen molar-refractivity contribution in [3.8, 4) is 0 Å². The molecule has 1 aliphatic rings. The van der Waals surface area contributed by atoms with Gasteiger partial charge in [0.2, 0.25) is 0 Å². The average molecular weight is 194 g/mol. The van der Waals surface area contributed by atoms with E-state index in [9.17, 15) is 0 Å². The molecule has 2 rings (SSSR count). The second kappa shape index (κ2) is 3.95. The second-order valence-electron chi connectivity index (χ2n) is 3.38. The summed E-state index contributed by atoms with van der Waals surface area (Å²) in [7, 11) is 0. The molecule has 0 aliphatic heterocycles. The molecular weight excluding hydrogens is 182 g/mol. The van der Waals surface area contributed by atoms with Gasteiger partial charge < -0.3 is 5.73 Å². The first-order valence-corrected chi connectivity index (χ1v) is 4.79. The Morgan fingerprint density at radius 2 is 2.20 bits per heavy atom. The highest BCUT2D eigenvalue weighted by Crippen LogP contribution is 2.22. The normalized spacial score (nSPS) is 13.9. The van der Waals surface area contributed by atoms with Crippen LogP contribution in [0, 0.1) is 6.08 Å². The van der Waals surface area contributed by atoms with Crippen LogP contribution in [0.25, 0.3) is 5.57 Å². The molecule has 1 aromatic rings. The monoisotopic (exact) mass is 194 g/mol. The van der Waals surface area contributed by atoms with Crippen molar-refractivity contribution in [1.29, 1.82) is 0 Å². The first kappa shape index (κ1) is 9.45. The zero-order chi connectivity index (χ0) is 10.7. The highest BCUT2D eigenvalue weighted by molar-refractivity contribution is 5.79. The van der Waals surface area contributed by atoms with E-state index in [0.717, 1.165) is 22.4 Å². The number of nitrogens with two attached hydrogens (primary N) is 1. The summed E-state index contributed by atoms with van der Waals surface area (Å²) in [6.45, 7) is 3.74. The van der Waals surface area contributed by atoms with Crippen LogP contribution in [0.15, 0.2) is 60.7 Å². The van der Waals surface area contributed by atoms with Gasteiger partial charge >= 0.3 is 0 Å². The molecule has 1 nitrogen and oxygen atoms in total. The van der Waals surface area contributed by atoms with Crippen LogP contribution in [0.5, 0.6) is 0 Å². The van der Waals surface area contributed by atoms with Crippen molar-refractivity contribution < 1.29 is 0 Å². The lowest BCUT2D eigenvalue weighted by Gasteiger charge is -2.00. The van der Waals surface area contributed by atoms with Gasteiger partial charge in [-0.05, 0) is 24.3 Å². The predicted octanol–water partition coefficient (Wildman–Crippen LogP) is 3.14. The van der Waals surface area contributed by atoms with Crippen LogP contribution in [0.2, 0.25) is 0 Å². The SMILES string of the molecule is C=CC1=CC(c2cccc(N)c2)=C[C+]=C1. The minimum Gasteiger partial charge on any atom is -0.399 e. The molecule has 0 atom stereocenters. The highest BCUT2D eigenvalue weighted by Gasteiger charge is 2.10. The van der Waals surface area contributed by atoms with Crippen LogP contribution in [0.4, 0.5) is 5.69 Å². The van der Waals surface area contributed by atoms with E-state index in [2.05, 4.69) is 18.7 Å². The van der Waals surface area contributed by atoms with Gasteiger partial charge in [-0.2, -0.15) is 0 Å². The van der Waals surface area contributed by atoms with E-state index in [0.29, 0.717) is 0 Å². The fourth-order valence-electron chi connectivity index (χ4n) is 1.49. The predicted molar refractivity (Wildman–Crippen MR) is 64.9 cm³/mol. The van der Waals surface area contributed by atoms with E-state index in [4.69, 9.17) is 5.73 Å². The maximum atomic E-state index is 5.74. The van der Waals surface area contributed by atoms with Crippen LogP contribution < -0.4 is 5.73 Å². The van der Waals surface area contributed by atoms with E-state index in [1.807, 2.05) is 42.5 Å². The Balaban J connectivity index is 2.41. The third-order valence-corrected chi connectivity index (χ3v) is 2.27. The topological polar surface area (TPSA) is 26.0 Å². The van der Waals surface area contributed by atoms with E-state index < -0.39 is 0 Å². The number of hydrogen-bond acceptors (Lipinski definition) is 1. The second-order valence-corrected chi connectivity index (χ2v) is 3.38. The van der Waals surface area contributed by atoms with Crippen LogP contribution in [-0.2, 0) is 0 Å². The van der Waals surface area contributed by atoms with Crippen molar-refractivity contribution in [2.75, 3.05) is 5.73 Å². The molecule has 0 unspecified atom stereocenters. The summed E-state index contributed by atoms with van der Waals surface area (Å²) < 4.78 is 0. The van der Waals surface area contributed by atoms with Gasteiger partial charge in [0.25, 0.3) is 0 Å². The Kier molecular flexibility index (Phi) is 2.49. The third-order valence-electron chi connectivity index (χ3n) is 2.27. The van der Waals surface area contributed by atoms with Crippen LogP contribution >= 0.6 is 0 Å². The number of anilines is 1. The molecule has 1 aromatic carbocycles. The van der Waals surface area contributed by atoms with Gasteiger partial charge in [-0.15, -0.1) is 0 Å². The minimum absolute atomic E-state index is 0.775. The van der Waals surface area contributed by atoms with Crippen molar-refractivity contribution in [2.24, 2.45) is 0 Å². The summed E-state index contributed by atoms with van der Waals surface area (Å²) in [5, 5.41) is 0. The van der Waals surface area contributed by atoms with Crippen LogP contribution in [0.3, 0.4) is 0 Å². The molecule has 0 aromatic heterocycles. The Labute approximate surface area is 89.9 Å². The lowest BCUT2D eigenvalue weighted by atomic mass is 9.98. The summed E-state index contributed by atoms with van der Waals surface area (Å²) in [5.74, 6) is 0. The minimum atomic E-state index is 0.775. The van der Waals surface area contributed by atoms with Crippen molar-refractivity contribution in [2.45, 2.75) is 0 Å². The van der Waals surface area contributed by atoms with E-state index in [1.165, 1.54) is 0 Å². The number of rotatable bonds is 2. The standard InChI is InChI=1S/C14H12N/c1-2-11-5-3-6-12(9-11)13-7-4-8-14(15)10-13/h2,4-10H,1,15H2/q+1. The quantitative estimate of drug-likeness (QED) is 0.568. The summed E-state index contributed by atoms with van der Waals surface area (Å²) in [6, 6.07) is 7.82. The first-order valence-electron chi connectivity index (χ1n) is 4.79.